The molecular formula is C19H24FN3O3. The van der Waals surface area contributed by atoms with E-state index in [9.17, 15) is 14.3 Å². The molecule has 2 aromatic rings. The first-order valence-corrected chi connectivity index (χ1v) is 8.92. The summed E-state index contributed by atoms with van der Waals surface area (Å²) in [6, 6.07) is 6.39. The summed E-state index contributed by atoms with van der Waals surface area (Å²) in [5.41, 5.74) is -0.421. The average Bonchev–Trinajstić information content (AvgIpc) is 3.18. The number of halogens is 1. The molecule has 0 atom stereocenters. The van der Waals surface area contributed by atoms with Gasteiger partial charge >= 0.3 is 0 Å². The van der Waals surface area contributed by atoms with E-state index in [2.05, 4.69) is 15.5 Å². The molecule has 6 nitrogen and oxygen atoms in total. The minimum Gasteiger partial charge on any atom is -0.491 e. The Morgan fingerprint density at radius 3 is 2.85 bits per heavy atom. The second kappa shape index (κ2) is 8.31. The van der Waals surface area contributed by atoms with Crippen LogP contribution in [0.1, 0.15) is 42.5 Å². The van der Waals surface area contributed by atoms with Crippen molar-refractivity contribution in [3.63, 3.8) is 0 Å². The number of para-hydroxylation sites is 1. The Labute approximate surface area is 151 Å². The first-order valence-electron chi connectivity index (χ1n) is 8.92. The lowest BCUT2D eigenvalue weighted by Crippen LogP contribution is -2.45. The van der Waals surface area contributed by atoms with Crippen molar-refractivity contribution in [2.24, 2.45) is 5.92 Å². The van der Waals surface area contributed by atoms with Gasteiger partial charge in [-0.05, 0) is 50.2 Å². The molecule has 26 heavy (non-hydrogen) atoms. The number of aromatic amines is 1. The van der Waals surface area contributed by atoms with Gasteiger partial charge in [-0.1, -0.05) is 12.1 Å². The van der Waals surface area contributed by atoms with E-state index >= 15 is 0 Å². The number of H-pyrrole nitrogens is 1. The molecule has 3 rings (SSSR count). The number of nitrogens with zero attached hydrogens (tertiary/aromatic N) is 1. The molecule has 3 N–H and O–H groups in total. The average molecular weight is 361 g/mol. The van der Waals surface area contributed by atoms with E-state index in [0.717, 1.165) is 19.3 Å². The second-order valence-corrected chi connectivity index (χ2v) is 6.90. The fourth-order valence-electron chi connectivity index (χ4n) is 3.30. The molecule has 1 amide bonds. The summed E-state index contributed by atoms with van der Waals surface area (Å²) < 4.78 is 19.0. The molecule has 1 saturated carbocycles. The van der Waals surface area contributed by atoms with Crippen LogP contribution < -0.4 is 10.1 Å². The van der Waals surface area contributed by atoms with Gasteiger partial charge in [0.25, 0.3) is 5.91 Å². The Balaban J connectivity index is 1.38. The van der Waals surface area contributed by atoms with Crippen LogP contribution in [0.2, 0.25) is 0 Å². The van der Waals surface area contributed by atoms with Gasteiger partial charge in [-0.15, -0.1) is 0 Å². The number of nitrogens with one attached hydrogen (secondary N) is 2. The molecule has 0 bridgehead atoms. The van der Waals surface area contributed by atoms with Crippen LogP contribution in [0.5, 0.6) is 5.75 Å². The molecule has 7 heteroatoms. The zero-order valence-corrected chi connectivity index (χ0v) is 14.6. The zero-order chi connectivity index (χ0) is 18.4. The summed E-state index contributed by atoms with van der Waals surface area (Å²) >= 11 is 0. The Bertz CT molecular complexity index is 713. The van der Waals surface area contributed by atoms with E-state index in [0.29, 0.717) is 30.9 Å². The first-order chi connectivity index (χ1) is 12.6. The molecule has 1 fully saturated rings. The third-order valence-electron chi connectivity index (χ3n) is 4.99. The third-order valence-corrected chi connectivity index (χ3v) is 4.99. The van der Waals surface area contributed by atoms with Crippen LogP contribution in [0.15, 0.2) is 36.7 Å². The molecule has 140 valence electrons. The molecular weight excluding hydrogens is 337 g/mol. The quantitative estimate of drug-likeness (QED) is 0.708. The molecule has 1 aliphatic carbocycles. The number of benzene rings is 1. The Kier molecular flexibility index (Phi) is 5.88. The monoisotopic (exact) mass is 361 g/mol. The lowest BCUT2D eigenvalue weighted by molar-refractivity contribution is -0.00980. The largest absolute Gasteiger partial charge is 0.491 e. The normalized spacial score (nSPS) is 22.8. The van der Waals surface area contributed by atoms with Crippen LogP contribution in [0.4, 0.5) is 4.39 Å². The fraction of sp³-hybridized carbons (Fsp3) is 0.474. The Hall–Kier alpha value is -2.41. The number of aromatic nitrogens is 2. The van der Waals surface area contributed by atoms with E-state index in [1.807, 2.05) is 0 Å². The molecule has 1 aromatic carbocycles. The van der Waals surface area contributed by atoms with Crippen molar-refractivity contribution in [3.8, 4) is 5.75 Å². The van der Waals surface area contributed by atoms with Gasteiger partial charge in [0, 0.05) is 12.7 Å². The highest BCUT2D eigenvalue weighted by atomic mass is 19.1. The number of rotatable bonds is 7. The fourth-order valence-corrected chi connectivity index (χ4v) is 3.30. The molecule has 1 heterocycles. The van der Waals surface area contributed by atoms with E-state index < -0.39 is 5.60 Å². The summed E-state index contributed by atoms with van der Waals surface area (Å²) in [4.78, 5) is 11.9. The number of hydrogen-bond donors (Lipinski definition) is 3. The Morgan fingerprint density at radius 1 is 1.38 bits per heavy atom. The molecule has 1 aliphatic rings. The van der Waals surface area contributed by atoms with Crippen molar-refractivity contribution >= 4 is 5.91 Å². The lowest BCUT2D eigenvalue weighted by atomic mass is 9.77. The maximum absolute atomic E-state index is 13.5. The highest BCUT2D eigenvalue weighted by Gasteiger charge is 2.33. The van der Waals surface area contributed by atoms with Gasteiger partial charge in [0.1, 0.15) is 0 Å². The lowest BCUT2D eigenvalue weighted by Gasteiger charge is -2.36. The number of carbonyl (C=O) groups is 1. The van der Waals surface area contributed by atoms with E-state index in [4.69, 9.17) is 4.74 Å². The number of aliphatic hydroxyl groups is 1. The van der Waals surface area contributed by atoms with Gasteiger partial charge in [-0.2, -0.15) is 5.10 Å². The summed E-state index contributed by atoms with van der Waals surface area (Å²) in [7, 11) is 0. The molecule has 0 unspecified atom stereocenters. The number of carbonyl (C=O) groups excluding carboxylic acids is 1. The van der Waals surface area contributed by atoms with Crippen molar-refractivity contribution in [1.82, 2.24) is 15.5 Å². The minimum atomic E-state index is -0.873. The summed E-state index contributed by atoms with van der Waals surface area (Å²) in [6.45, 7) is 0.691. The molecule has 0 spiro atoms. The maximum Gasteiger partial charge on any atom is 0.254 e. The van der Waals surface area contributed by atoms with Crippen molar-refractivity contribution in [2.45, 2.75) is 37.7 Å². The van der Waals surface area contributed by atoms with Gasteiger partial charge in [0.05, 0.1) is 24.0 Å². The van der Waals surface area contributed by atoms with Gasteiger partial charge in [-0.3, -0.25) is 9.89 Å². The molecule has 1 aromatic heterocycles. The summed E-state index contributed by atoms with van der Waals surface area (Å²) in [5.74, 6) is 0.125. The highest BCUT2D eigenvalue weighted by Crippen LogP contribution is 2.33. The van der Waals surface area contributed by atoms with Crippen molar-refractivity contribution in [1.29, 1.82) is 0 Å². The summed E-state index contributed by atoms with van der Waals surface area (Å²) in [6.07, 6.45) is 6.77. The molecule has 0 radical (unpaired) electrons. The Morgan fingerprint density at radius 2 is 2.15 bits per heavy atom. The van der Waals surface area contributed by atoms with E-state index in [-0.39, 0.29) is 24.0 Å². The highest BCUT2D eigenvalue weighted by molar-refractivity contribution is 5.93. The number of hydrogen-bond acceptors (Lipinski definition) is 4. The first kappa shape index (κ1) is 18.4. The van der Waals surface area contributed by atoms with E-state index in [1.165, 1.54) is 18.5 Å². The predicted octanol–water partition coefficient (Wildman–Crippen LogP) is 2.67. The van der Waals surface area contributed by atoms with Gasteiger partial charge < -0.3 is 15.2 Å². The predicted molar refractivity (Wildman–Crippen MR) is 94.3 cm³/mol. The summed E-state index contributed by atoms with van der Waals surface area (Å²) in [5, 5.41) is 19.7. The van der Waals surface area contributed by atoms with Crippen LogP contribution in [0.3, 0.4) is 0 Å². The van der Waals surface area contributed by atoms with Gasteiger partial charge in [-0.25, -0.2) is 4.39 Å². The van der Waals surface area contributed by atoms with Crippen LogP contribution in [-0.2, 0) is 0 Å². The van der Waals surface area contributed by atoms with Crippen molar-refractivity contribution < 1.29 is 19.0 Å². The van der Waals surface area contributed by atoms with Crippen molar-refractivity contribution in [2.75, 3.05) is 13.2 Å². The zero-order valence-electron chi connectivity index (χ0n) is 14.6. The topological polar surface area (TPSA) is 87.2 Å². The van der Waals surface area contributed by atoms with Crippen LogP contribution in [-0.4, -0.2) is 40.0 Å². The minimum absolute atomic E-state index is 0.232. The van der Waals surface area contributed by atoms with Crippen LogP contribution in [0.25, 0.3) is 0 Å². The molecule has 0 saturated heterocycles. The van der Waals surface area contributed by atoms with Crippen molar-refractivity contribution in [3.05, 3.63) is 48.0 Å². The van der Waals surface area contributed by atoms with Gasteiger partial charge in [0.2, 0.25) is 0 Å². The van der Waals surface area contributed by atoms with E-state index in [1.54, 1.807) is 18.2 Å². The second-order valence-electron chi connectivity index (χ2n) is 6.90. The number of amides is 1. The standard InChI is InChI=1S/C19H24FN3O3/c20-16-3-1-2-4-17(16)26-10-7-14-5-8-19(25,9-6-14)13-21-18(24)15-11-22-23-12-15/h1-4,11-12,14,25H,5-10,13H2,(H,21,24)(H,22,23). The number of ether oxygens (including phenoxy) is 1. The third kappa shape index (κ3) is 4.82. The van der Waals surface area contributed by atoms with Gasteiger partial charge in [0.15, 0.2) is 11.6 Å². The maximum atomic E-state index is 13.5. The molecule has 0 aliphatic heterocycles. The van der Waals surface area contributed by atoms with Crippen LogP contribution >= 0.6 is 0 Å². The smallest absolute Gasteiger partial charge is 0.254 e. The van der Waals surface area contributed by atoms with Crippen LogP contribution in [0, 0.1) is 11.7 Å². The SMILES string of the molecule is O=C(NCC1(O)CCC(CCOc2ccccc2F)CC1)c1cn[nH]c1.